The number of rotatable bonds is 3. The fraction of sp³-hybridized carbons (Fsp3) is 0.900. The molecule has 2 N–H and O–H groups in total. The third-order valence-corrected chi connectivity index (χ3v) is 1.88. The van der Waals surface area contributed by atoms with Crippen LogP contribution in [-0.2, 0) is 0 Å². The van der Waals surface area contributed by atoms with Gasteiger partial charge >= 0.3 is 0 Å². The van der Waals surface area contributed by atoms with Crippen LogP contribution >= 0.6 is 0 Å². The molecular weight excluding hydrogens is 162 g/mol. The molecule has 0 radical (unpaired) electrons. The molecule has 3 nitrogen and oxygen atoms in total. The minimum atomic E-state index is 0.0277. The molecule has 0 unspecified atom stereocenters. The van der Waals surface area contributed by atoms with Gasteiger partial charge in [-0.25, -0.2) is 0 Å². The maximum absolute atomic E-state index is 5.80. The Morgan fingerprint density at radius 1 is 1.15 bits per heavy atom. The van der Waals surface area contributed by atoms with Gasteiger partial charge in [-0.3, -0.25) is 4.99 Å². The summed E-state index contributed by atoms with van der Waals surface area (Å²) < 4.78 is 0. The Bertz CT molecular complexity index is 171. The topological polar surface area (TPSA) is 41.6 Å². The standard InChI is InChI=1S/C10H23N3/c1-7(2)10(12-8(3)4)13(6)9(5)11/h7-9H,11H2,1-6H3/t9-/m0/s1. The van der Waals surface area contributed by atoms with E-state index in [1.807, 2.05) is 18.9 Å². The summed E-state index contributed by atoms with van der Waals surface area (Å²) in [7, 11) is 1.99. The molecule has 3 heteroatoms. The largest absolute Gasteiger partial charge is 0.348 e. The first-order chi connectivity index (χ1) is 5.86. The summed E-state index contributed by atoms with van der Waals surface area (Å²) in [6, 6.07) is 0.332. The van der Waals surface area contributed by atoms with Gasteiger partial charge in [0.05, 0.1) is 6.17 Å². The van der Waals surface area contributed by atoms with Crippen LogP contribution in [0.5, 0.6) is 0 Å². The Kier molecular flexibility index (Phi) is 4.99. The summed E-state index contributed by atoms with van der Waals surface area (Å²) >= 11 is 0. The van der Waals surface area contributed by atoms with E-state index in [2.05, 4.69) is 32.7 Å². The highest BCUT2D eigenvalue weighted by Gasteiger charge is 2.13. The van der Waals surface area contributed by atoms with E-state index in [-0.39, 0.29) is 6.17 Å². The van der Waals surface area contributed by atoms with Gasteiger partial charge in [0.2, 0.25) is 0 Å². The first-order valence-electron chi connectivity index (χ1n) is 4.92. The molecule has 0 spiro atoms. The highest BCUT2D eigenvalue weighted by Crippen LogP contribution is 2.05. The zero-order valence-corrected chi connectivity index (χ0v) is 9.70. The van der Waals surface area contributed by atoms with Crippen molar-refractivity contribution in [3.63, 3.8) is 0 Å². The second-order valence-corrected chi connectivity index (χ2v) is 4.09. The van der Waals surface area contributed by atoms with Crippen molar-refractivity contribution >= 4 is 5.84 Å². The van der Waals surface area contributed by atoms with Crippen LogP contribution in [0.1, 0.15) is 34.6 Å². The number of hydrogen-bond acceptors (Lipinski definition) is 2. The molecule has 78 valence electrons. The van der Waals surface area contributed by atoms with Gasteiger partial charge in [-0.15, -0.1) is 0 Å². The van der Waals surface area contributed by atoms with Crippen LogP contribution in [0.3, 0.4) is 0 Å². The van der Waals surface area contributed by atoms with Crippen molar-refractivity contribution in [1.82, 2.24) is 4.90 Å². The molecule has 13 heavy (non-hydrogen) atoms. The van der Waals surface area contributed by atoms with Crippen LogP contribution in [0.25, 0.3) is 0 Å². The summed E-state index contributed by atoms with van der Waals surface area (Å²) in [5, 5.41) is 0. The van der Waals surface area contributed by atoms with Crippen molar-refractivity contribution < 1.29 is 0 Å². The van der Waals surface area contributed by atoms with E-state index < -0.39 is 0 Å². The van der Waals surface area contributed by atoms with Gasteiger partial charge in [0, 0.05) is 19.0 Å². The van der Waals surface area contributed by atoms with Crippen molar-refractivity contribution in [3.05, 3.63) is 0 Å². The predicted molar refractivity (Wildman–Crippen MR) is 58.8 cm³/mol. The molecule has 0 aliphatic carbocycles. The summed E-state index contributed by atoms with van der Waals surface area (Å²) in [5.74, 6) is 1.52. The molecule has 0 heterocycles. The van der Waals surface area contributed by atoms with Gasteiger partial charge in [-0.05, 0) is 20.8 Å². The third kappa shape index (κ3) is 4.27. The smallest absolute Gasteiger partial charge is 0.103 e. The van der Waals surface area contributed by atoms with Gasteiger partial charge in [0.1, 0.15) is 5.84 Å². The van der Waals surface area contributed by atoms with Crippen LogP contribution in [0.4, 0.5) is 0 Å². The first-order valence-corrected chi connectivity index (χ1v) is 4.92. The molecule has 0 fully saturated rings. The van der Waals surface area contributed by atoms with E-state index in [0.29, 0.717) is 12.0 Å². The van der Waals surface area contributed by atoms with E-state index in [9.17, 15) is 0 Å². The molecule has 0 aromatic heterocycles. The molecule has 1 atom stereocenters. The number of hydrogen-bond donors (Lipinski definition) is 1. The third-order valence-electron chi connectivity index (χ3n) is 1.88. The van der Waals surface area contributed by atoms with Crippen LogP contribution in [0.15, 0.2) is 4.99 Å². The highest BCUT2D eigenvalue weighted by molar-refractivity contribution is 5.84. The zero-order valence-electron chi connectivity index (χ0n) is 9.70. The number of aliphatic imine (C=N–C) groups is 1. The second-order valence-electron chi connectivity index (χ2n) is 4.09. The second kappa shape index (κ2) is 5.22. The zero-order chi connectivity index (χ0) is 10.6. The van der Waals surface area contributed by atoms with E-state index in [4.69, 9.17) is 5.73 Å². The average Bonchev–Trinajstić information content (AvgIpc) is 1.97. The Labute approximate surface area is 82.0 Å². The van der Waals surface area contributed by atoms with Gasteiger partial charge in [-0.2, -0.15) is 0 Å². The van der Waals surface area contributed by atoms with Gasteiger partial charge < -0.3 is 10.6 Å². The van der Waals surface area contributed by atoms with Crippen LogP contribution in [-0.4, -0.2) is 30.0 Å². The van der Waals surface area contributed by atoms with Crippen molar-refractivity contribution in [2.45, 2.75) is 46.8 Å². The summed E-state index contributed by atoms with van der Waals surface area (Å²) in [5.41, 5.74) is 5.80. The van der Waals surface area contributed by atoms with Crippen molar-refractivity contribution in [3.8, 4) is 0 Å². The Balaban J connectivity index is 4.61. The van der Waals surface area contributed by atoms with Crippen LogP contribution < -0.4 is 5.73 Å². The fourth-order valence-corrected chi connectivity index (χ4v) is 1.12. The monoisotopic (exact) mass is 185 g/mol. The predicted octanol–water partition coefficient (Wildman–Crippen LogP) is 1.69. The maximum atomic E-state index is 5.80. The summed E-state index contributed by atoms with van der Waals surface area (Å²) in [6.07, 6.45) is 0.0277. The molecule has 0 aromatic carbocycles. The van der Waals surface area contributed by atoms with Crippen molar-refractivity contribution in [1.29, 1.82) is 0 Å². The number of nitrogens with two attached hydrogens (primary N) is 1. The van der Waals surface area contributed by atoms with Crippen molar-refractivity contribution in [2.75, 3.05) is 7.05 Å². The molecule has 0 bridgehead atoms. The lowest BCUT2D eigenvalue weighted by Gasteiger charge is -2.28. The lowest BCUT2D eigenvalue weighted by atomic mass is 10.1. The molecular formula is C10H23N3. The normalized spacial score (nSPS) is 15.3. The number of amidine groups is 1. The fourth-order valence-electron chi connectivity index (χ4n) is 1.12. The molecule has 0 saturated carbocycles. The Morgan fingerprint density at radius 2 is 1.62 bits per heavy atom. The molecule has 0 aromatic rings. The SMILES string of the molecule is CC(C)N=C(C(C)C)N(C)[C@@H](C)N. The molecule has 0 saturated heterocycles. The minimum absolute atomic E-state index is 0.0277. The minimum Gasteiger partial charge on any atom is -0.348 e. The maximum Gasteiger partial charge on any atom is 0.103 e. The molecule has 0 aliphatic heterocycles. The first kappa shape index (κ1) is 12.4. The van der Waals surface area contributed by atoms with E-state index in [1.165, 1.54) is 0 Å². The van der Waals surface area contributed by atoms with E-state index >= 15 is 0 Å². The highest BCUT2D eigenvalue weighted by atomic mass is 15.2. The van der Waals surface area contributed by atoms with Gasteiger partial charge in [-0.1, -0.05) is 13.8 Å². The van der Waals surface area contributed by atoms with Crippen LogP contribution in [0.2, 0.25) is 0 Å². The Morgan fingerprint density at radius 3 is 1.85 bits per heavy atom. The number of nitrogens with zero attached hydrogens (tertiary/aromatic N) is 2. The van der Waals surface area contributed by atoms with E-state index in [1.54, 1.807) is 0 Å². The molecule has 0 aliphatic rings. The quantitative estimate of drug-likeness (QED) is 0.413. The molecule has 0 amide bonds. The lowest BCUT2D eigenvalue weighted by Crippen LogP contribution is -2.43. The summed E-state index contributed by atoms with van der Waals surface area (Å²) in [6.45, 7) is 10.4. The van der Waals surface area contributed by atoms with Gasteiger partial charge in [0.15, 0.2) is 0 Å². The van der Waals surface area contributed by atoms with Crippen LogP contribution in [0, 0.1) is 5.92 Å². The Hall–Kier alpha value is -0.570. The lowest BCUT2D eigenvalue weighted by molar-refractivity contribution is 0.380. The molecule has 0 rings (SSSR count). The van der Waals surface area contributed by atoms with E-state index in [0.717, 1.165) is 5.84 Å². The van der Waals surface area contributed by atoms with Gasteiger partial charge in [0.25, 0.3) is 0 Å². The van der Waals surface area contributed by atoms with Crippen molar-refractivity contribution in [2.24, 2.45) is 16.6 Å². The average molecular weight is 185 g/mol. The summed E-state index contributed by atoms with van der Waals surface area (Å²) in [4.78, 5) is 6.59.